The first-order valence-corrected chi connectivity index (χ1v) is 10.1. The van der Waals surface area contributed by atoms with Gasteiger partial charge in [0.25, 0.3) is 0 Å². The van der Waals surface area contributed by atoms with Crippen LogP contribution in [0.5, 0.6) is 0 Å². The predicted molar refractivity (Wildman–Crippen MR) is 96.2 cm³/mol. The van der Waals surface area contributed by atoms with Crippen LogP contribution in [0.3, 0.4) is 0 Å². The molecule has 6 heteroatoms. The minimum atomic E-state index is 0.00168. The van der Waals surface area contributed by atoms with Gasteiger partial charge in [0.2, 0.25) is 11.8 Å². The highest BCUT2D eigenvalue weighted by atomic mass is 16.5. The number of carbonyl (C=O) groups excluding carboxylic acids is 2. The van der Waals surface area contributed by atoms with Gasteiger partial charge in [0, 0.05) is 52.2 Å². The van der Waals surface area contributed by atoms with Crippen molar-refractivity contribution in [2.24, 2.45) is 5.92 Å². The van der Waals surface area contributed by atoms with Crippen LogP contribution in [0.1, 0.15) is 44.9 Å². The predicted octanol–water partition coefficient (Wildman–Crippen LogP) is 1.35. The van der Waals surface area contributed by atoms with Gasteiger partial charge >= 0.3 is 0 Å². The number of carbonyl (C=O) groups is 2. The summed E-state index contributed by atoms with van der Waals surface area (Å²) in [6, 6.07) is 0. The standard InChI is InChI=1S/C19H33N3O3/c23-18-7-6-17(19(24)21-8-4-2-1-3-5-9-21)16-22(18)11-10-20-12-14-25-15-13-20/h17H,1-16H2/t17-/m1/s1. The summed E-state index contributed by atoms with van der Waals surface area (Å²) < 4.78 is 5.38. The second kappa shape index (κ2) is 9.53. The van der Waals surface area contributed by atoms with Gasteiger partial charge in [-0.25, -0.2) is 0 Å². The fourth-order valence-electron chi connectivity index (χ4n) is 4.15. The molecule has 0 saturated carbocycles. The molecular weight excluding hydrogens is 318 g/mol. The normalized spacial score (nSPS) is 27.0. The Kier molecular flexibility index (Phi) is 7.11. The first-order valence-electron chi connectivity index (χ1n) is 10.1. The highest BCUT2D eigenvalue weighted by molar-refractivity contribution is 5.83. The van der Waals surface area contributed by atoms with E-state index in [9.17, 15) is 9.59 Å². The third kappa shape index (κ3) is 5.42. The summed E-state index contributed by atoms with van der Waals surface area (Å²) in [5.74, 6) is 0.498. The quantitative estimate of drug-likeness (QED) is 0.767. The number of likely N-dealkylation sites (tertiary alicyclic amines) is 2. The molecule has 2 amide bonds. The van der Waals surface area contributed by atoms with Crippen molar-refractivity contribution in [3.05, 3.63) is 0 Å². The van der Waals surface area contributed by atoms with Crippen molar-refractivity contribution in [1.82, 2.24) is 14.7 Å². The fourth-order valence-corrected chi connectivity index (χ4v) is 4.15. The maximum Gasteiger partial charge on any atom is 0.227 e. The second-order valence-electron chi connectivity index (χ2n) is 7.62. The van der Waals surface area contributed by atoms with Crippen molar-refractivity contribution >= 4 is 11.8 Å². The van der Waals surface area contributed by atoms with Crippen molar-refractivity contribution in [2.45, 2.75) is 44.9 Å². The van der Waals surface area contributed by atoms with Gasteiger partial charge in [-0.1, -0.05) is 19.3 Å². The maximum atomic E-state index is 12.9. The molecule has 25 heavy (non-hydrogen) atoms. The Balaban J connectivity index is 1.49. The molecule has 0 radical (unpaired) electrons. The average molecular weight is 351 g/mol. The Hall–Kier alpha value is -1.14. The molecule has 3 fully saturated rings. The smallest absolute Gasteiger partial charge is 0.227 e. The SMILES string of the molecule is O=C1CC[C@@H](C(=O)N2CCCCCCC2)CN1CCN1CCOCC1. The molecule has 3 rings (SSSR count). The average Bonchev–Trinajstić information content (AvgIpc) is 2.61. The van der Waals surface area contributed by atoms with Crippen LogP contribution in [0.25, 0.3) is 0 Å². The first kappa shape index (κ1) is 18.6. The molecule has 142 valence electrons. The molecule has 0 unspecified atom stereocenters. The number of ether oxygens (including phenoxy) is 1. The minimum Gasteiger partial charge on any atom is -0.379 e. The summed E-state index contributed by atoms with van der Waals surface area (Å²) in [5, 5.41) is 0. The molecular formula is C19H33N3O3. The number of piperidine rings is 1. The van der Waals surface area contributed by atoms with E-state index in [0.29, 0.717) is 13.0 Å². The Bertz CT molecular complexity index is 443. The molecule has 0 bridgehead atoms. The van der Waals surface area contributed by atoms with Crippen LogP contribution in [0.2, 0.25) is 0 Å². The number of amides is 2. The van der Waals surface area contributed by atoms with Gasteiger partial charge in [-0.3, -0.25) is 14.5 Å². The molecule has 1 atom stereocenters. The lowest BCUT2D eigenvalue weighted by atomic mass is 9.95. The summed E-state index contributed by atoms with van der Waals surface area (Å²) in [7, 11) is 0. The van der Waals surface area contributed by atoms with Crippen LogP contribution < -0.4 is 0 Å². The van der Waals surface area contributed by atoms with Gasteiger partial charge in [0.1, 0.15) is 0 Å². The summed E-state index contributed by atoms with van der Waals surface area (Å²) in [5.41, 5.74) is 0. The largest absolute Gasteiger partial charge is 0.379 e. The Morgan fingerprint density at radius 2 is 1.64 bits per heavy atom. The highest BCUT2D eigenvalue weighted by Crippen LogP contribution is 2.21. The molecule has 3 aliphatic heterocycles. The van der Waals surface area contributed by atoms with E-state index in [0.717, 1.165) is 71.7 Å². The molecule has 6 nitrogen and oxygen atoms in total. The van der Waals surface area contributed by atoms with E-state index >= 15 is 0 Å². The lowest BCUT2D eigenvalue weighted by Gasteiger charge is -2.36. The van der Waals surface area contributed by atoms with Gasteiger partial charge in [-0.05, 0) is 19.3 Å². The van der Waals surface area contributed by atoms with Gasteiger partial charge in [-0.2, -0.15) is 0 Å². The fraction of sp³-hybridized carbons (Fsp3) is 0.895. The van der Waals surface area contributed by atoms with Crippen LogP contribution in [0.15, 0.2) is 0 Å². The number of nitrogens with zero attached hydrogens (tertiary/aromatic N) is 3. The van der Waals surface area contributed by atoms with E-state index in [1.807, 2.05) is 4.90 Å². The third-order valence-corrected chi connectivity index (χ3v) is 5.81. The zero-order chi connectivity index (χ0) is 17.5. The molecule has 0 aromatic rings. The maximum absolute atomic E-state index is 12.9. The molecule has 0 aromatic heterocycles. The van der Waals surface area contributed by atoms with Crippen LogP contribution >= 0.6 is 0 Å². The van der Waals surface area contributed by atoms with Gasteiger partial charge in [0.15, 0.2) is 0 Å². The van der Waals surface area contributed by atoms with Crippen molar-refractivity contribution in [3.63, 3.8) is 0 Å². The van der Waals surface area contributed by atoms with Crippen LogP contribution in [-0.4, -0.2) is 85.5 Å². The monoisotopic (exact) mass is 351 g/mol. The summed E-state index contributed by atoms with van der Waals surface area (Å²) >= 11 is 0. The number of morpholine rings is 1. The van der Waals surface area contributed by atoms with Crippen LogP contribution in [0, 0.1) is 5.92 Å². The zero-order valence-corrected chi connectivity index (χ0v) is 15.5. The molecule has 3 saturated heterocycles. The third-order valence-electron chi connectivity index (χ3n) is 5.81. The summed E-state index contributed by atoms with van der Waals surface area (Å²) in [6.07, 6.45) is 7.26. The van der Waals surface area contributed by atoms with Crippen LogP contribution in [0.4, 0.5) is 0 Å². The summed E-state index contributed by atoms with van der Waals surface area (Å²) in [4.78, 5) is 31.5. The van der Waals surface area contributed by atoms with E-state index in [4.69, 9.17) is 4.74 Å². The second-order valence-corrected chi connectivity index (χ2v) is 7.62. The van der Waals surface area contributed by atoms with E-state index in [1.54, 1.807) is 0 Å². The number of hydrogen-bond acceptors (Lipinski definition) is 4. The van der Waals surface area contributed by atoms with Crippen molar-refractivity contribution in [3.8, 4) is 0 Å². The first-order chi connectivity index (χ1) is 12.2. The van der Waals surface area contributed by atoms with Gasteiger partial charge in [-0.15, -0.1) is 0 Å². The number of hydrogen-bond donors (Lipinski definition) is 0. The van der Waals surface area contributed by atoms with E-state index in [2.05, 4.69) is 9.80 Å². The Labute approximate surface area is 151 Å². The minimum absolute atomic E-state index is 0.00168. The van der Waals surface area contributed by atoms with Crippen LogP contribution in [-0.2, 0) is 14.3 Å². The number of rotatable bonds is 4. The molecule has 0 spiro atoms. The summed E-state index contributed by atoms with van der Waals surface area (Å²) in [6.45, 7) is 7.49. The van der Waals surface area contributed by atoms with E-state index in [-0.39, 0.29) is 17.7 Å². The lowest BCUT2D eigenvalue weighted by Crippen LogP contribution is -2.50. The van der Waals surface area contributed by atoms with Crippen molar-refractivity contribution in [1.29, 1.82) is 0 Å². The Morgan fingerprint density at radius 1 is 0.960 bits per heavy atom. The topological polar surface area (TPSA) is 53.1 Å². The molecule has 0 aliphatic carbocycles. The lowest BCUT2D eigenvalue weighted by molar-refractivity contribution is -0.143. The zero-order valence-electron chi connectivity index (χ0n) is 15.5. The highest BCUT2D eigenvalue weighted by Gasteiger charge is 2.32. The Morgan fingerprint density at radius 3 is 2.36 bits per heavy atom. The van der Waals surface area contributed by atoms with Gasteiger partial charge in [0.05, 0.1) is 19.1 Å². The van der Waals surface area contributed by atoms with Crippen molar-refractivity contribution < 1.29 is 14.3 Å². The molecule has 3 heterocycles. The molecule has 0 N–H and O–H groups in total. The molecule has 3 aliphatic rings. The van der Waals surface area contributed by atoms with E-state index in [1.165, 1.54) is 19.3 Å². The van der Waals surface area contributed by atoms with E-state index < -0.39 is 0 Å². The van der Waals surface area contributed by atoms with Gasteiger partial charge < -0.3 is 14.5 Å². The molecule has 0 aromatic carbocycles. The van der Waals surface area contributed by atoms with Crippen molar-refractivity contribution in [2.75, 3.05) is 59.0 Å².